The third kappa shape index (κ3) is 2.85. The summed E-state index contributed by atoms with van der Waals surface area (Å²) < 4.78 is 6.06. The van der Waals surface area contributed by atoms with Crippen LogP contribution in [0, 0.1) is 5.92 Å². The molecule has 1 atom stereocenters. The van der Waals surface area contributed by atoms with E-state index in [2.05, 4.69) is 26.8 Å². The fourth-order valence-electron chi connectivity index (χ4n) is 2.56. The Morgan fingerprint density at radius 3 is 2.67 bits per heavy atom. The van der Waals surface area contributed by atoms with Crippen LogP contribution in [0.5, 0.6) is 5.75 Å². The molecule has 0 aliphatic carbocycles. The van der Waals surface area contributed by atoms with Gasteiger partial charge in [0.2, 0.25) is 0 Å². The number of aliphatic carboxylic acids is 1. The number of carboxylic acid groups (broad SMARTS) is 1. The monoisotopic (exact) mass is 291 g/mol. The highest BCUT2D eigenvalue weighted by molar-refractivity contribution is 5.84. The van der Waals surface area contributed by atoms with Gasteiger partial charge in [-0.1, -0.05) is 26.8 Å². The van der Waals surface area contributed by atoms with E-state index in [1.807, 2.05) is 17.0 Å². The lowest BCUT2D eigenvalue weighted by Gasteiger charge is -2.44. The summed E-state index contributed by atoms with van der Waals surface area (Å²) in [6, 6.07) is 6.07. The quantitative estimate of drug-likeness (QED) is 0.924. The first-order valence-corrected chi connectivity index (χ1v) is 7.58. The number of ether oxygens (including phenoxy) is 1. The van der Waals surface area contributed by atoms with E-state index in [4.69, 9.17) is 4.74 Å². The molecule has 21 heavy (non-hydrogen) atoms. The maximum absolute atomic E-state index is 11.7. The molecule has 4 heteroatoms. The summed E-state index contributed by atoms with van der Waals surface area (Å²) in [5, 5.41) is 9.59. The molecule has 0 radical (unpaired) electrons. The first-order valence-electron chi connectivity index (χ1n) is 7.58. The third-order valence-electron chi connectivity index (χ3n) is 4.30. The first kappa shape index (κ1) is 15.7. The zero-order valence-electron chi connectivity index (χ0n) is 13.5. The van der Waals surface area contributed by atoms with Crippen molar-refractivity contribution in [2.45, 2.75) is 52.7 Å². The van der Waals surface area contributed by atoms with Crippen LogP contribution < -0.4 is 9.64 Å². The predicted molar refractivity (Wildman–Crippen MR) is 84.1 cm³/mol. The maximum atomic E-state index is 11.7. The van der Waals surface area contributed by atoms with Gasteiger partial charge < -0.3 is 14.7 Å². The number of fused-ring (bicyclic) bond motifs is 1. The van der Waals surface area contributed by atoms with Crippen molar-refractivity contribution in [3.8, 4) is 5.75 Å². The van der Waals surface area contributed by atoms with E-state index in [9.17, 15) is 9.90 Å². The van der Waals surface area contributed by atoms with Crippen LogP contribution in [-0.4, -0.2) is 29.3 Å². The summed E-state index contributed by atoms with van der Waals surface area (Å²) in [7, 11) is 0. The Kier molecular flexibility index (Phi) is 4.17. The molecule has 1 aliphatic heterocycles. The van der Waals surface area contributed by atoms with Crippen molar-refractivity contribution < 1.29 is 14.6 Å². The molecule has 1 aromatic carbocycles. The average molecular weight is 291 g/mol. The van der Waals surface area contributed by atoms with Crippen LogP contribution in [0.25, 0.3) is 0 Å². The van der Waals surface area contributed by atoms with Gasteiger partial charge in [0.1, 0.15) is 17.4 Å². The number of anilines is 1. The average Bonchev–Trinajstić information content (AvgIpc) is 2.44. The number of carboxylic acids is 1. The number of nitrogens with zero attached hydrogens (tertiary/aromatic N) is 1. The van der Waals surface area contributed by atoms with Crippen molar-refractivity contribution in [3.05, 3.63) is 23.8 Å². The Bertz CT molecular complexity index is 537. The van der Waals surface area contributed by atoms with Gasteiger partial charge in [0, 0.05) is 0 Å². The number of hydrogen-bond acceptors (Lipinski definition) is 3. The SMILES string of the molecule is CCc1ccc2c(c1)N(C(C)(C)C(=O)O)CC(C(C)C)O2. The summed E-state index contributed by atoms with van der Waals surface area (Å²) in [4.78, 5) is 13.6. The third-order valence-corrected chi connectivity index (χ3v) is 4.30. The fourth-order valence-corrected chi connectivity index (χ4v) is 2.56. The molecule has 0 fully saturated rings. The highest BCUT2D eigenvalue weighted by Gasteiger charge is 2.40. The van der Waals surface area contributed by atoms with E-state index in [1.165, 1.54) is 5.56 Å². The van der Waals surface area contributed by atoms with Gasteiger partial charge in [-0.15, -0.1) is 0 Å². The Balaban J connectivity index is 2.51. The summed E-state index contributed by atoms with van der Waals surface area (Å²) in [6.07, 6.45) is 0.922. The van der Waals surface area contributed by atoms with E-state index in [1.54, 1.807) is 13.8 Å². The minimum Gasteiger partial charge on any atom is -0.486 e. The lowest BCUT2D eigenvalue weighted by atomic mass is 9.96. The molecule has 1 aliphatic rings. The summed E-state index contributed by atoms with van der Waals surface area (Å²) in [5.74, 6) is 0.294. The second kappa shape index (κ2) is 5.58. The van der Waals surface area contributed by atoms with Crippen LogP contribution in [0.1, 0.15) is 40.2 Å². The van der Waals surface area contributed by atoms with Crippen LogP contribution in [0.15, 0.2) is 18.2 Å². The molecule has 1 heterocycles. The van der Waals surface area contributed by atoms with Crippen LogP contribution in [0.3, 0.4) is 0 Å². The van der Waals surface area contributed by atoms with Gasteiger partial charge in [-0.2, -0.15) is 0 Å². The standard InChI is InChI=1S/C17H25NO3/c1-6-12-7-8-14-13(9-12)18(17(4,5)16(19)20)10-15(21-14)11(2)3/h7-9,11,15H,6,10H2,1-5H3,(H,19,20). The number of rotatable bonds is 4. The smallest absolute Gasteiger partial charge is 0.328 e. The van der Waals surface area contributed by atoms with Gasteiger partial charge in [0.25, 0.3) is 0 Å². The van der Waals surface area contributed by atoms with Gasteiger partial charge in [-0.3, -0.25) is 0 Å². The van der Waals surface area contributed by atoms with Crippen molar-refractivity contribution in [1.29, 1.82) is 0 Å². The lowest BCUT2D eigenvalue weighted by molar-refractivity contribution is -0.142. The van der Waals surface area contributed by atoms with Crippen molar-refractivity contribution in [2.75, 3.05) is 11.4 Å². The topological polar surface area (TPSA) is 49.8 Å². The van der Waals surface area contributed by atoms with Crippen LogP contribution in [0.4, 0.5) is 5.69 Å². The van der Waals surface area contributed by atoms with Gasteiger partial charge in [-0.25, -0.2) is 4.79 Å². The lowest BCUT2D eigenvalue weighted by Crippen LogP contribution is -2.56. The molecular formula is C17H25NO3. The number of carbonyl (C=O) groups is 1. The number of hydrogen-bond donors (Lipinski definition) is 1. The van der Waals surface area contributed by atoms with Crippen LogP contribution in [0.2, 0.25) is 0 Å². The first-order chi connectivity index (χ1) is 9.77. The minimum atomic E-state index is -0.960. The summed E-state index contributed by atoms with van der Waals surface area (Å²) in [6.45, 7) is 10.4. The molecule has 1 aromatic rings. The predicted octanol–water partition coefficient (Wildman–Crippen LogP) is 3.34. The highest BCUT2D eigenvalue weighted by atomic mass is 16.5. The van der Waals surface area contributed by atoms with Gasteiger partial charge >= 0.3 is 5.97 Å². The second-order valence-corrected chi connectivity index (χ2v) is 6.53. The fraction of sp³-hybridized carbons (Fsp3) is 0.588. The Hall–Kier alpha value is -1.71. The van der Waals surface area contributed by atoms with Crippen molar-refractivity contribution in [3.63, 3.8) is 0 Å². The maximum Gasteiger partial charge on any atom is 0.328 e. The van der Waals surface area contributed by atoms with Gasteiger partial charge in [0.05, 0.1) is 12.2 Å². The summed E-state index contributed by atoms with van der Waals surface area (Å²) >= 11 is 0. The molecule has 4 nitrogen and oxygen atoms in total. The molecule has 2 rings (SSSR count). The van der Waals surface area contributed by atoms with Crippen molar-refractivity contribution >= 4 is 11.7 Å². The largest absolute Gasteiger partial charge is 0.486 e. The molecule has 0 amide bonds. The molecule has 1 unspecified atom stereocenters. The zero-order valence-corrected chi connectivity index (χ0v) is 13.5. The zero-order chi connectivity index (χ0) is 15.8. The van der Waals surface area contributed by atoms with Gasteiger partial charge in [-0.05, 0) is 43.9 Å². The number of benzene rings is 1. The molecule has 1 N–H and O–H groups in total. The van der Waals surface area contributed by atoms with Gasteiger partial charge in [0.15, 0.2) is 0 Å². The molecule has 0 bridgehead atoms. The molecular weight excluding hydrogens is 266 g/mol. The van der Waals surface area contributed by atoms with Crippen LogP contribution in [-0.2, 0) is 11.2 Å². The van der Waals surface area contributed by atoms with Crippen molar-refractivity contribution in [2.24, 2.45) is 5.92 Å². The highest BCUT2D eigenvalue weighted by Crippen LogP contribution is 2.39. The van der Waals surface area contributed by atoms with E-state index in [-0.39, 0.29) is 6.10 Å². The van der Waals surface area contributed by atoms with E-state index in [0.29, 0.717) is 12.5 Å². The molecule has 0 saturated carbocycles. The Morgan fingerprint density at radius 2 is 2.14 bits per heavy atom. The Labute approximate surface area is 126 Å². The number of aryl methyl sites for hydroxylation is 1. The van der Waals surface area contributed by atoms with E-state index in [0.717, 1.165) is 17.9 Å². The molecule has 116 valence electrons. The van der Waals surface area contributed by atoms with Crippen LogP contribution >= 0.6 is 0 Å². The van der Waals surface area contributed by atoms with Crippen molar-refractivity contribution in [1.82, 2.24) is 0 Å². The van der Waals surface area contributed by atoms with E-state index < -0.39 is 11.5 Å². The Morgan fingerprint density at radius 1 is 1.48 bits per heavy atom. The minimum absolute atomic E-state index is 0.00333. The normalized spacial score (nSPS) is 18.4. The second-order valence-electron chi connectivity index (χ2n) is 6.53. The van der Waals surface area contributed by atoms with E-state index >= 15 is 0 Å². The molecule has 0 aromatic heterocycles. The molecule has 0 saturated heterocycles. The summed E-state index contributed by atoms with van der Waals surface area (Å²) in [5.41, 5.74) is 1.11. The molecule has 0 spiro atoms.